The highest BCUT2D eigenvalue weighted by Crippen LogP contribution is 2.42. The number of ether oxygens (including phenoxy) is 2. The minimum Gasteiger partial charge on any atom is -0.489 e. The zero-order chi connectivity index (χ0) is 14.1. The van der Waals surface area contributed by atoms with E-state index in [2.05, 4.69) is 5.32 Å². The van der Waals surface area contributed by atoms with Crippen molar-refractivity contribution in [1.29, 1.82) is 0 Å². The Labute approximate surface area is 125 Å². The van der Waals surface area contributed by atoms with E-state index in [-0.39, 0.29) is 5.37 Å². The van der Waals surface area contributed by atoms with Crippen LogP contribution in [-0.4, -0.2) is 36.1 Å². The van der Waals surface area contributed by atoms with Crippen molar-refractivity contribution in [3.05, 3.63) is 22.7 Å². The molecule has 0 radical (unpaired) electrons. The van der Waals surface area contributed by atoms with E-state index in [1.165, 1.54) is 0 Å². The highest BCUT2D eigenvalue weighted by Gasteiger charge is 2.31. The first kappa shape index (κ1) is 13.9. The van der Waals surface area contributed by atoms with Crippen molar-refractivity contribution >= 4 is 29.3 Å². The van der Waals surface area contributed by atoms with Gasteiger partial charge in [-0.25, -0.2) is 0 Å². The van der Waals surface area contributed by atoms with Gasteiger partial charge < -0.3 is 14.6 Å². The van der Waals surface area contributed by atoms with Gasteiger partial charge in [0.2, 0.25) is 0 Å². The predicted octanol–water partition coefficient (Wildman–Crippen LogP) is 2.29. The third-order valence-electron chi connectivity index (χ3n) is 3.21. The molecule has 1 aromatic carbocycles. The van der Waals surface area contributed by atoms with Crippen LogP contribution in [0.2, 0.25) is 5.02 Å². The predicted molar refractivity (Wildman–Crippen MR) is 76.8 cm³/mol. The maximum atomic E-state index is 11.0. The fraction of sp³-hybridized carbons (Fsp3) is 0.462. The average Bonchev–Trinajstić information content (AvgIpc) is 2.79. The molecule has 2 N–H and O–H groups in total. The van der Waals surface area contributed by atoms with Crippen molar-refractivity contribution in [2.75, 3.05) is 19.0 Å². The van der Waals surface area contributed by atoms with Crippen molar-refractivity contribution in [2.24, 2.45) is 0 Å². The zero-order valence-corrected chi connectivity index (χ0v) is 12.2. The first-order chi connectivity index (χ1) is 9.65. The van der Waals surface area contributed by atoms with Crippen LogP contribution in [0.1, 0.15) is 17.4 Å². The van der Waals surface area contributed by atoms with Crippen molar-refractivity contribution in [3.8, 4) is 11.5 Å². The fourth-order valence-corrected chi connectivity index (χ4v) is 3.69. The van der Waals surface area contributed by atoms with Crippen LogP contribution in [0.25, 0.3) is 0 Å². The summed E-state index contributed by atoms with van der Waals surface area (Å²) in [7, 11) is 0. The number of aliphatic carboxylic acids is 1. The van der Waals surface area contributed by atoms with Crippen LogP contribution in [-0.2, 0) is 4.79 Å². The van der Waals surface area contributed by atoms with Gasteiger partial charge in [-0.2, -0.15) is 0 Å². The fourth-order valence-electron chi connectivity index (χ4n) is 2.21. The largest absolute Gasteiger partial charge is 0.489 e. The molecule has 5 nitrogen and oxygen atoms in total. The lowest BCUT2D eigenvalue weighted by molar-refractivity contribution is -0.138. The van der Waals surface area contributed by atoms with Gasteiger partial charge in [-0.15, -0.1) is 11.8 Å². The van der Waals surface area contributed by atoms with Crippen LogP contribution in [0.15, 0.2) is 12.1 Å². The van der Waals surface area contributed by atoms with Gasteiger partial charge in [0, 0.05) is 12.2 Å². The number of carboxylic acid groups (broad SMARTS) is 1. The quantitative estimate of drug-likeness (QED) is 0.873. The Balaban J connectivity index is 1.86. The molecule has 108 valence electrons. The molecule has 1 saturated heterocycles. The minimum atomic E-state index is -0.833. The number of nitrogens with one attached hydrogen (secondary N) is 1. The summed E-state index contributed by atoms with van der Waals surface area (Å²) in [5.41, 5.74) is 0.910. The van der Waals surface area contributed by atoms with E-state index in [1.54, 1.807) is 11.8 Å². The second-order valence-corrected chi connectivity index (χ2v) is 6.20. The molecular weight excluding hydrogens is 302 g/mol. The van der Waals surface area contributed by atoms with E-state index >= 15 is 0 Å². The number of hydrogen-bond donors (Lipinski definition) is 2. The minimum absolute atomic E-state index is 0.0919. The monoisotopic (exact) mass is 315 g/mol. The van der Waals surface area contributed by atoms with E-state index in [9.17, 15) is 4.79 Å². The van der Waals surface area contributed by atoms with Crippen LogP contribution in [0.3, 0.4) is 0 Å². The van der Waals surface area contributed by atoms with Crippen molar-refractivity contribution in [2.45, 2.75) is 17.8 Å². The van der Waals surface area contributed by atoms with Crippen LogP contribution < -0.4 is 14.8 Å². The Morgan fingerprint density at radius 3 is 2.95 bits per heavy atom. The summed E-state index contributed by atoms with van der Waals surface area (Å²) in [6.07, 6.45) is 0.817. The van der Waals surface area contributed by atoms with Gasteiger partial charge in [0.25, 0.3) is 0 Å². The summed E-state index contributed by atoms with van der Waals surface area (Å²) in [6, 6.07) is 3.16. The smallest absolute Gasteiger partial charge is 0.321 e. The Morgan fingerprint density at radius 2 is 2.20 bits per heavy atom. The molecule has 2 aliphatic heterocycles. The van der Waals surface area contributed by atoms with E-state index in [0.717, 1.165) is 12.0 Å². The molecule has 20 heavy (non-hydrogen) atoms. The molecule has 3 rings (SSSR count). The lowest BCUT2D eigenvalue weighted by Crippen LogP contribution is -2.33. The average molecular weight is 316 g/mol. The Morgan fingerprint density at radius 1 is 1.40 bits per heavy atom. The number of thioether (sulfide) groups is 1. The van der Waals surface area contributed by atoms with Crippen LogP contribution in [0.5, 0.6) is 11.5 Å². The van der Waals surface area contributed by atoms with Gasteiger partial charge >= 0.3 is 5.97 Å². The molecule has 1 fully saturated rings. The summed E-state index contributed by atoms with van der Waals surface area (Å²) in [5, 5.41) is 12.5. The normalized spacial score (nSPS) is 25.2. The molecule has 2 heterocycles. The summed E-state index contributed by atoms with van der Waals surface area (Å²) >= 11 is 7.79. The number of carboxylic acids is 1. The lowest BCUT2D eigenvalue weighted by Gasteiger charge is -2.15. The van der Waals surface area contributed by atoms with Gasteiger partial charge in [0.15, 0.2) is 11.5 Å². The van der Waals surface area contributed by atoms with Gasteiger partial charge in [-0.1, -0.05) is 11.6 Å². The first-order valence-corrected chi connectivity index (χ1v) is 7.77. The van der Waals surface area contributed by atoms with E-state index < -0.39 is 12.0 Å². The molecule has 0 aliphatic carbocycles. The standard InChI is InChI=1S/C13H14ClNO4S/c14-8-4-7(12-15-9(6-20-12)13(16)17)5-10-11(8)19-3-1-2-18-10/h4-5,9,12,15H,1-3,6H2,(H,16,17). The Hall–Kier alpha value is -1.11. The number of benzene rings is 1. The van der Waals surface area contributed by atoms with Crippen LogP contribution in [0.4, 0.5) is 0 Å². The number of rotatable bonds is 2. The SMILES string of the molecule is O=C(O)C1CSC(c2cc(Cl)c3c(c2)OCCCO3)N1. The van der Waals surface area contributed by atoms with Crippen molar-refractivity contribution < 1.29 is 19.4 Å². The summed E-state index contributed by atoms with van der Waals surface area (Å²) in [4.78, 5) is 11.0. The van der Waals surface area contributed by atoms with E-state index in [0.29, 0.717) is 35.5 Å². The maximum Gasteiger partial charge on any atom is 0.321 e. The Bertz CT molecular complexity index is 539. The number of carbonyl (C=O) groups is 1. The second-order valence-electron chi connectivity index (χ2n) is 4.65. The van der Waals surface area contributed by atoms with E-state index in [4.69, 9.17) is 26.2 Å². The van der Waals surface area contributed by atoms with Gasteiger partial charge in [0.05, 0.1) is 23.6 Å². The molecular formula is C13H14ClNO4S. The van der Waals surface area contributed by atoms with Gasteiger partial charge in [-0.3, -0.25) is 10.1 Å². The lowest BCUT2D eigenvalue weighted by atomic mass is 10.2. The summed E-state index contributed by atoms with van der Waals surface area (Å²) < 4.78 is 11.2. The third-order valence-corrected chi connectivity index (χ3v) is 4.76. The number of hydrogen-bond acceptors (Lipinski definition) is 5. The molecule has 1 aromatic rings. The van der Waals surface area contributed by atoms with Gasteiger partial charge in [-0.05, 0) is 17.7 Å². The highest BCUT2D eigenvalue weighted by molar-refractivity contribution is 7.99. The van der Waals surface area contributed by atoms with Gasteiger partial charge in [0.1, 0.15) is 6.04 Å². The van der Waals surface area contributed by atoms with Crippen molar-refractivity contribution in [3.63, 3.8) is 0 Å². The topological polar surface area (TPSA) is 67.8 Å². The molecule has 0 bridgehead atoms. The molecule has 0 aromatic heterocycles. The molecule has 2 atom stereocenters. The Kier molecular flexibility index (Phi) is 3.96. The second kappa shape index (κ2) is 5.71. The highest BCUT2D eigenvalue weighted by atomic mass is 35.5. The molecule has 0 spiro atoms. The van der Waals surface area contributed by atoms with Crippen LogP contribution >= 0.6 is 23.4 Å². The van der Waals surface area contributed by atoms with Crippen molar-refractivity contribution in [1.82, 2.24) is 5.32 Å². The molecule has 0 saturated carbocycles. The number of halogens is 1. The first-order valence-electron chi connectivity index (χ1n) is 6.34. The summed E-state index contributed by atoms with van der Waals surface area (Å²) in [6.45, 7) is 1.18. The third kappa shape index (κ3) is 2.68. The zero-order valence-electron chi connectivity index (χ0n) is 10.6. The number of fused-ring (bicyclic) bond motifs is 1. The van der Waals surface area contributed by atoms with E-state index in [1.807, 2.05) is 12.1 Å². The maximum absolute atomic E-state index is 11.0. The molecule has 0 amide bonds. The molecule has 2 unspecified atom stereocenters. The molecule has 7 heteroatoms. The molecule has 2 aliphatic rings. The summed E-state index contributed by atoms with van der Waals surface area (Å²) in [5.74, 6) is 0.906. The van der Waals surface area contributed by atoms with Crippen LogP contribution in [0, 0.1) is 0 Å².